The fourth-order valence-electron chi connectivity index (χ4n) is 1.43. The van der Waals surface area contributed by atoms with E-state index in [-0.39, 0.29) is 28.8 Å². The maximum absolute atomic E-state index is 12.2. The Morgan fingerprint density at radius 3 is 2.60 bits per heavy atom. The predicted octanol–water partition coefficient (Wildman–Crippen LogP) is 2.26. The van der Waals surface area contributed by atoms with Crippen molar-refractivity contribution in [3.63, 3.8) is 0 Å². The highest BCUT2D eigenvalue weighted by molar-refractivity contribution is 8.00. The number of esters is 1. The van der Waals surface area contributed by atoms with E-state index in [0.717, 1.165) is 6.07 Å². The second kappa shape index (κ2) is 6.96. The number of carbonyl (C=O) groups is 1. The van der Waals surface area contributed by atoms with Gasteiger partial charge in [-0.2, -0.15) is 13.2 Å². The van der Waals surface area contributed by atoms with Gasteiger partial charge >= 0.3 is 11.5 Å². The normalized spacial score (nSPS) is 14.7. The van der Waals surface area contributed by atoms with Crippen LogP contribution >= 0.6 is 11.8 Å². The molecule has 1 rings (SSSR count). The van der Waals surface area contributed by atoms with Gasteiger partial charge in [-0.25, -0.2) is 4.79 Å². The van der Waals surface area contributed by atoms with E-state index in [1.807, 2.05) is 0 Å². The number of aliphatic hydroxyl groups is 2. The lowest BCUT2D eigenvalue weighted by Gasteiger charge is -2.17. The Bertz CT molecular complexity index is 464. The number of alkyl halides is 3. The van der Waals surface area contributed by atoms with Gasteiger partial charge in [-0.15, -0.1) is 0 Å². The van der Waals surface area contributed by atoms with Gasteiger partial charge in [0.15, 0.2) is 6.10 Å². The van der Waals surface area contributed by atoms with Gasteiger partial charge in [0.25, 0.3) is 0 Å². The summed E-state index contributed by atoms with van der Waals surface area (Å²) in [7, 11) is 0. The third-order valence-electron chi connectivity index (χ3n) is 2.26. The maximum Gasteiger partial charge on any atom is 0.446 e. The number of thioether (sulfide) groups is 1. The van der Waals surface area contributed by atoms with Crippen LogP contribution in [-0.4, -0.2) is 34.4 Å². The Hall–Kier alpha value is -1.25. The molecule has 0 bridgehead atoms. The number of halogens is 3. The van der Waals surface area contributed by atoms with Crippen molar-refractivity contribution in [3.8, 4) is 0 Å². The topological polar surface area (TPSA) is 66.8 Å². The Labute approximate surface area is 117 Å². The lowest BCUT2D eigenvalue weighted by atomic mass is 10.0. The van der Waals surface area contributed by atoms with Gasteiger partial charge in [0.2, 0.25) is 0 Å². The second-order valence-corrected chi connectivity index (χ2v) is 4.90. The third kappa shape index (κ3) is 5.03. The Kier molecular flexibility index (Phi) is 5.85. The minimum atomic E-state index is -4.46. The number of carbonyl (C=O) groups excluding carboxylic acids is 1. The fraction of sp³-hybridized carbons (Fsp3) is 0.417. The third-order valence-corrected chi connectivity index (χ3v) is 2.98. The Morgan fingerprint density at radius 1 is 1.40 bits per heavy atom. The molecule has 0 spiro atoms. The van der Waals surface area contributed by atoms with Crippen LogP contribution in [0, 0.1) is 0 Å². The highest BCUT2D eigenvalue weighted by Gasteiger charge is 2.31. The lowest BCUT2D eigenvalue weighted by Crippen LogP contribution is -2.29. The van der Waals surface area contributed by atoms with E-state index in [4.69, 9.17) is 0 Å². The van der Waals surface area contributed by atoms with Crippen molar-refractivity contribution in [2.75, 3.05) is 6.61 Å². The smallest absolute Gasteiger partial charge is 0.446 e. The van der Waals surface area contributed by atoms with Crippen molar-refractivity contribution < 1.29 is 32.9 Å². The zero-order valence-electron chi connectivity index (χ0n) is 10.4. The number of benzene rings is 1. The summed E-state index contributed by atoms with van der Waals surface area (Å²) in [6.45, 7) is 1.55. The number of aliphatic hydroxyl groups excluding tert-OH is 2. The predicted molar refractivity (Wildman–Crippen MR) is 66.0 cm³/mol. The molecule has 20 heavy (non-hydrogen) atoms. The van der Waals surface area contributed by atoms with Crippen LogP contribution < -0.4 is 0 Å². The van der Waals surface area contributed by atoms with Crippen LogP contribution in [0.4, 0.5) is 13.2 Å². The molecule has 1 aromatic carbocycles. The van der Waals surface area contributed by atoms with Gasteiger partial charge in [-0.1, -0.05) is 12.1 Å². The summed E-state index contributed by atoms with van der Waals surface area (Å²) in [6.07, 6.45) is -3.50. The average Bonchev–Trinajstić information content (AvgIpc) is 2.35. The van der Waals surface area contributed by atoms with Gasteiger partial charge in [-0.3, -0.25) is 0 Å². The van der Waals surface area contributed by atoms with Crippen molar-refractivity contribution in [2.45, 2.75) is 29.5 Å². The summed E-state index contributed by atoms with van der Waals surface area (Å²) in [4.78, 5) is 11.1. The van der Waals surface area contributed by atoms with Crippen LogP contribution in [0.3, 0.4) is 0 Å². The fourth-order valence-corrected chi connectivity index (χ4v) is 2.04. The molecule has 4 nitrogen and oxygen atoms in total. The second-order valence-electron chi connectivity index (χ2n) is 3.76. The van der Waals surface area contributed by atoms with E-state index in [1.165, 1.54) is 25.1 Å². The maximum atomic E-state index is 12.2. The van der Waals surface area contributed by atoms with E-state index in [0.29, 0.717) is 0 Å². The van der Waals surface area contributed by atoms with E-state index >= 15 is 0 Å². The quantitative estimate of drug-likeness (QED) is 0.645. The molecule has 0 heterocycles. The average molecular weight is 310 g/mol. The van der Waals surface area contributed by atoms with Gasteiger partial charge < -0.3 is 14.9 Å². The summed E-state index contributed by atoms with van der Waals surface area (Å²) in [6, 6.07) is 4.88. The molecule has 0 fully saturated rings. The molecule has 0 aliphatic carbocycles. The standard InChI is InChI=1S/C12H13F3O4S/c1-2-19-11(18)10(17)9(16)7-4-3-5-8(6-7)20-12(13,14)15/h3-6,9-10,16-17H,2H2,1H3. The SMILES string of the molecule is CCOC(=O)C(O)C(O)c1cccc(SC(F)(F)F)c1. The molecule has 2 unspecified atom stereocenters. The first-order valence-electron chi connectivity index (χ1n) is 5.63. The molecule has 1 aromatic rings. The molecule has 112 valence electrons. The molecule has 8 heteroatoms. The molecule has 0 radical (unpaired) electrons. The first-order chi connectivity index (χ1) is 9.24. The van der Waals surface area contributed by atoms with Crippen LogP contribution in [-0.2, 0) is 9.53 Å². The van der Waals surface area contributed by atoms with Crippen LogP contribution in [0.2, 0.25) is 0 Å². The van der Waals surface area contributed by atoms with Crippen molar-refractivity contribution in [1.82, 2.24) is 0 Å². The number of hydrogen-bond donors (Lipinski definition) is 2. The monoisotopic (exact) mass is 310 g/mol. The van der Waals surface area contributed by atoms with E-state index in [2.05, 4.69) is 4.74 Å². The molecule has 0 aliphatic rings. The minimum absolute atomic E-state index is 0.000182. The number of rotatable bonds is 5. The summed E-state index contributed by atoms with van der Waals surface area (Å²) < 4.78 is 41.2. The summed E-state index contributed by atoms with van der Waals surface area (Å²) in [5, 5.41) is 19.3. The highest BCUT2D eigenvalue weighted by Crippen LogP contribution is 2.37. The number of hydrogen-bond acceptors (Lipinski definition) is 5. The van der Waals surface area contributed by atoms with Crippen molar-refractivity contribution in [2.24, 2.45) is 0 Å². The van der Waals surface area contributed by atoms with E-state index in [1.54, 1.807) is 0 Å². The molecule has 0 amide bonds. The van der Waals surface area contributed by atoms with E-state index < -0.39 is 23.7 Å². The molecule has 0 saturated carbocycles. The van der Waals surface area contributed by atoms with Gasteiger partial charge in [-0.05, 0) is 36.4 Å². The molecule has 0 saturated heterocycles. The minimum Gasteiger partial charge on any atom is -0.464 e. The first kappa shape index (κ1) is 16.8. The molecule has 0 aromatic heterocycles. The molecule has 2 N–H and O–H groups in total. The molecular weight excluding hydrogens is 297 g/mol. The van der Waals surface area contributed by atoms with Crippen LogP contribution in [0.1, 0.15) is 18.6 Å². The van der Waals surface area contributed by atoms with Crippen molar-refractivity contribution >= 4 is 17.7 Å². The first-order valence-corrected chi connectivity index (χ1v) is 6.44. The summed E-state index contributed by atoms with van der Waals surface area (Å²) in [5.74, 6) is -1.03. The summed E-state index contributed by atoms with van der Waals surface area (Å²) >= 11 is -0.346. The Morgan fingerprint density at radius 2 is 2.05 bits per heavy atom. The molecule has 2 atom stereocenters. The zero-order valence-corrected chi connectivity index (χ0v) is 11.2. The van der Waals surface area contributed by atoms with Crippen molar-refractivity contribution in [3.05, 3.63) is 29.8 Å². The van der Waals surface area contributed by atoms with Gasteiger partial charge in [0.1, 0.15) is 6.10 Å². The van der Waals surface area contributed by atoms with Crippen LogP contribution in [0.25, 0.3) is 0 Å². The van der Waals surface area contributed by atoms with Gasteiger partial charge in [0.05, 0.1) is 6.61 Å². The van der Waals surface area contributed by atoms with Crippen molar-refractivity contribution in [1.29, 1.82) is 0 Å². The van der Waals surface area contributed by atoms with E-state index in [9.17, 15) is 28.2 Å². The molecular formula is C12H13F3O4S. The highest BCUT2D eigenvalue weighted by atomic mass is 32.2. The Balaban J connectivity index is 2.85. The largest absolute Gasteiger partial charge is 0.464 e. The van der Waals surface area contributed by atoms with Gasteiger partial charge in [0, 0.05) is 4.90 Å². The zero-order chi connectivity index (χ0) is 15.3. The van der Waals surface area contributed by atoms with Crippen LogP contribution in [0.15, 0.2) is 29.2 Å². The molecule has 0 aliphatic heterocycles. The number of ether oxygens (including phenoxy) is 1. The summed E-state index contributed by atoms with van der Waals surface area (Å²) in [5.41, 5.74) is -4.46. The lowest BCUT2D eigenvalue weighted by molar-refractivity contribution is -0.159. The van der Waals surface area contributed by atoms with Crippen LogP contribution in [0.5, 0.6) is 0 Å².